The summed E-state index contributed by atoms with van der Waals surface area (Å²) >= 11 is 5.17. The van der Waals surface area contributed by atoms with E-state index in [1.54, 1.807) is 0 Å². The minimum absolute atomic E-state index is 0.400. The van der Waals surface area contributed by atoms with Gasteiger partial charge in [-0.25, -0.2) is 0 Å². The fourth-order valence-electron chi connectivity index (χ4n) is 2.63. The Balaban J connectivity index is 1.74. The van der Waals surface area contributed by atoms with Crippen molar-refractivity contribution in [3.63, 3.8) is 0 Å². The SMILES string of the molecule is CCNC(=S)Nc1ccc2c(c1)OC1(CCCC1)O2. The molecule has 1 aliphatic carbocycles. The van der Waals surface area contributed by atoms with Gasteiger partial charge in [0.1, 0.15) is 0 Å². The summed E-state index contributed by atoms with van der Waals surface area (Å²) < 4.78 is 12.0. The third-order valence-corrected chi connectivity index (χ3v) is 3.74. The van der Waals surface area contributed by atoms with E-state index in [-0.39, 0.29) is 0 Å². The van der Waals surface area contributed by atoms with E-state index in [9.17, 15) is 0 Å². The zero-order valence-corrected chi connectivity index (χ0v) is 11.8. The van der Waals surface area contributed by atoms with Gasteiger partial charge < -0.3 is 20.1 Å². The predicted molar refractivity (Wildman–Crippen MR) is 78.8 cm³/mol. The van der Waals surface area contributed by atoms with Crippen LogP contribution in [0.4, 0.5) is 5.69 Å². The van der Waals surface area contributed by atoms with Crippen LogP contribution in [-0.4, -0.2) is 17.4 Å². The number of hydrogen-bond acceptors (Lipinski definition) is 3. The van der Waals surface area contributed by atoms with Crippen LogP contribution in [0.2, 0.25) is 0 Å². The molecule has 1 aromatic carbocycles. The van der Waals surface area contributed by atoms with Crippen LogP contribution in [-0.2, 0) is 0 Å². The third-order valence-electron chi connectivity index (χ3n) is 3.50. The monoisotopic (exact) mass is 278 g/mol. The number of rotatable bonds is 2. The minimum Gasteiger partial charge on any atom is -0.448 e. The zero-order valence-electron chi connectivity index (χ0n) is 11.0. The normalized spacial score (nSPS) is 18.6. The summed E-state index contributed by atoms with van der Waals surface area (Å²) in [7, 11) is 0. The standard InChI is InChI=1S/C14H18N2O2S/c1-2-15-13(19)16-10-5-6-11-12(9-10)18-14(17-11)7-3-4-8-14/h5-6,9H,2-4,7-8H2,1H3,(H2,15,16,19). The van der Waals surface area contributed by atoms with Crippen LogP contribution in [0.15, 0.2) is 18.2 Å². The van der Waals surface area contributed by atoms with Gasteiger partial charge >= 0.3 is 0 Å². The smallest absolute Gasteiger partial charge is 0.251 e. The molecule has 0 unspecified atom stereocenters. The third kappa shape index (κ3) is 2.47. The second-order valence-corrected chi connectivity index (χ2v) is 5.38. The number of thiocarbonyl (C=S) groups is 1. The maximum Gasteiger partial charge on any atom is 0.251 e. The molecular formula is C14H18N2O2S. The van der Waals surface area contributed by atoms with Crippen molar-refractivity contribution in [3.05, 3.63) is 18.2 Å². The molecule has 0 aromatic heterocycles. The van der Waals surface area contributed by atoms with Crippen LogP contribution < -0.4 is 20.1 Å². The Morgan fingerprint density at radius 2 is 2.00 bits per heavy atom. The van der Waals surface area contributed by atoms with E-state index in [2.05, 4.69) is 10.6 Å². The van der Waals surface area contributed by atoms with Crippen LogP contribution in [0.1, 0.15) is 32.6 Å². The van der Waals surface area contributed by atoms with E-state index < -0.39 is 5.79 Å². The lowest BCUT2D eigenvalue weighted by molar-refractivity contribution is -0.0716. The van der Waals surface area contributed by atoms with Crippen LogP contribution in [0, 0.1) is 0 Å². The van der Waals surface area contributed by atoms with Crippen molar-refractivity contribution in [1.82, 2.24) is 5.32 Å². The maximum absolute atomic E-state index is 6.01. The van der Waals surface area contributed by atoms with Gasteiger partial charge in [-0.15, -0.1) is 0 Å². The molecule has 1 spiro atoms. The Kier molecular flexibility index (Phi) is 3.22. The van der Waals surface area contributed by atoms with Crippen molar-refractivity contribution in [3.8, 4) is 11.5 Å². The Hall–Kier alpha value is -1.49. The fraction of sp³-hybridized carbons (Fsp3) is 0.500. The molecule has 3 rings (SSSR count). The maximum atomic E-state index is 6.01. The van der Waals surface area contributed by atoms with Gasteiger partial charge in [-0.3, -0.25) is 0 Å². The van der Waals surface area contributed by atoms with Gasteiger partial charge in [0, 0.05) is 31.1 Å². The molecule has 0 bridgehead atoms. The molecule has 2 aliphatic rings. The van der Waals surface area contributed by atoms with Crippen LogP contribution in [0.3, 0.4) is 0 Å². The molecule has 4 nitrogen and oxygen atoms in total. The highest BCUT2D eigenvalue weighted by atomic mass is 32.1. The first-order chi connectivity index (χ1) is 9.21. The van der Waals surface area contributed by atoms with Gasteiger partial charge in [0.2, 0.25) is 0 Å². The number of benzene rings is 1. The second-order valence-electron chi connectivity index (χ2n) is 4.97. The molecule has 0 amide bonds. The summed E-state index contributed by atoms with van der Waals surface area (Å²) in [5.74, 6) is 1.25. The first kappa shape index (κ1) is 12.5. The van der Waals surface area contributed by atoms with Crippen molar-refractivity contribution in [1.29, 1.82) is 0 Å². The zero-order chi connectivity index (χ0) is 13.3. The van der Waals surface area contributed by atoms with E-state index in [0.717, 1.165) is 36.6 Å². The molecule has 0 saturated heterocycles. The summed E-state index contributed by atoms with van der Waals surface area (Å²) in [6.45, 7) is 2.82. The Morgan fingerprint density at radius 3 is 2.74 bits per heavy atom. The van der Waals surface area contributed by atoms with E-state index in [1.165, 1.54) is 12.8 Å². The lowest BCUT2D eigenvalue weighted by Crippen LogP contribution is -2.34. The molecule has 0 radical (unpaired) electrons. The minimum atomic E-state index is -0.400. The number of fused-ring (bicyclic) bond motifs is 1. The van der Waals surface area contributed by atoms with Crippen molar-refractivity contribution in [2.75, 3.05) is 11.9 Å². The highest BCUT2D eigenvalue weighted by Gasteiger charge is 2.44. The molecule has 1 saturated carbocycles. The molecule has 1 heterocycles. The molecule has 1 aromatic rings. The highest BCUT2D eigenvalue weighted by molar-refractivity contribution is 7.80. The van der Waals surface area contributed by atoms with Gasteiger partial charge in [-0.1, -0.05) is 0 Å². The van der Waals surface area contributed by atoms with Crippen molar-refractivity contribution in [2.45, 2.75) is 38.4 Å². The van der Waals surface area contributed by atoms with Crippen molar-refractivity contribution >= 4 is 23.0 Å². The van der Waals surface area contributed by atoms with Crippen molar-refractivity contribution in [2.24, 2.45) is 0 Å². The average Bonchev–Trinajstić information content (AvgIpc) is 2.96. The summed E-state index contributed by atoms with van der Waals surface area (Å²) in [5.41, 5.74) is 0.920. The van der Waals surface area contributed by atoms with Crippen molar-refractivity contribution < 1.29 is 9.47 Å². The topological polar surface area (TPSA) is 42.5 Å². The van der Waals surface area contributed by atoms with E-state index >= 15 is 0 Å². The van der Waals surface area contributed by atoms with Crippen LogP contribution in [0.25, 0.3) is 0 Å². The molecular weight excluding hydrogens is 260 g/mol. The molecule has 2 N–H and O–H groups in total. The molecule has 5 heteroatoms. The molecule has 19 heavy (non-hydrogen) atoms. The average molecular weight is 278 g/mol. The summed E-state index contributed by atoms with van der Waals surface area (Å²) in [6, 6.07) is 5.85. The first-order valence-electron chi connectivity index (χ1n) is 6.78. The first-order valence-corrected chi connectivity index (χ1v) is 7.18. The summed E-state index contributed by atoms with van der Waals surface area (Å²) in [5, 5.41) is 6.82. The summed E-state index contributed by atoms with van der Waals surface area (Å²) in [4.78, 5) is 0. The molecule has 1 fully saturated rings. The second kappa shape index (κ2) is 4.89. The number of anilines is 1. The van der Waals surface area contributed by atoms with Gasteiger partial charge in [-0.05, 0) is 44.1 Å². The van der Waals surface area contributed by atoms with E-state index in [1.807, 2.05) is 25.1 Å². The predicted octanol–water partition coefficient (Wildman–Crippen LogP) is 3.03. The van der Waals surface area contributed by atoms with Gasteiger partial charge in [0.25, 0.3) is 5.79 Å². The van der Waals surface area contributed by atoms with Gasteiger partial charge in [0.15, 0.2) is 16.6 Å². The number of hydrogen-bond donors (Lipinski definition) is 2. The lowest BCUT2D eigenvalue weighted by atomic mass is 10.2. The fourth-order valence-corrected chi connectivity index (χ4v) is 2.89. The van der Waals surface area contributed by atoms with Crippen LogP contribution >= 0.6 is 12.2 Å². The lowest BCUT2D eigenvalue weighted by Gasteiger charge is -2.21. The van der Waals surface area contributed by atoms with E-state index in [4.69, 9.17) is 21.7 Å². The molecule has 1 aliphatic heterocycles. The Labute approximate surface area is 118 Å². The van der Waals surface area contributed by atoms with Gasteiger partial charge in [-0.2, -0.15) is 0 Å². The summed E-state index contributed by atoms with van der Waals surface area (Å²) in [6.07, 6.45) is 4.29. The number of nitrogens with one attached hydrogen (secondary N) is 2. The number of ether oxygens (including phenoxy) is 2. The van der Waals surface area contributed by atoms with Gasteiger partial charge in [0.05, 0.1) is 0 Å². The highest BCUT2D eigenvalue weighted by Crippen LogP contribution is 2.47. The molecule has 102 valence electrons. The Morgan fingerprint density at radius 1 is 1.26 bits per heavy atom. The Bertz CT molecular complexity index is 498. The largest absolute Gasteiger partial charge is 0.448 e. The molecule has 0 atom stereocenters. The van der Waals surface area contributed by atoms with E-state index in [0.29, 0.717) is 5.11 Å². The quantitative estimate of drug-likeness (QED) is 0.814. The van der Waals surface area contributed by atoms with Crippen LogP contribution in [0.5, 0.6) is 11.5 Å².